The summed E-state index contributed by atoms with van der Waals surface area (Å²) in [6.45, 7) is 0.997. The maximum Gasteiger partial charge on any atom is 0.254 e. The van der Waals surface area contributed by atoms with E-state index in [0.717, 1.165) is 0 Å². The fourth-order valence-electron chi connectivity index (χ4n) is 1.60. The first kappa shape index (κ1) is 11.1. The predicted octanol–water partition coefficient (Wildman–Crippen LogP) is -0.421. The maximum atomic E-state index is 11.9. The molecule has 6 heteroatoms. The molecule has 1 aromatic heterocycles. The summed E-state index contributed by atoms with van der Waals surface area (Å²) < 4.78 is 11.1. The van der Waals surface area contributed by atoms with Crippen molar-refractivity contribution in [3.05, 3.63) is 34.2 Å². The normalized spacial score (nSPS) is 17.4. The quantitative estimate of drug-likeness (QED) is 0.724. The third kappa shape index (κ3) is 2.38. The van der Waals surface area contributed by atoms with Crippen LogP contribution in [0.15, 0.2) is 23.1 Å². The zero-order valence-corrected chi connectivity index (χ0v) is 9.46. The first-order chi connectivity index (χ1) is 7.66. The van der Waals surface area contributed by atoms with Gasteiger partial charge in [-0.15, -0.1) is 0 Å². The standard InChI is InChI=1S/C10H12N2O3S/c13-9-7-8(1-2-11-9)10(14)12-3-5-16(15)6-4-12/h1-2,7H,3-6H2,(H,11,13). The van der Waals surface area contributed by atoms with Crippen LogP contribution in [-0.4, -0.2) is 44.6 Å². The number of carbonyl (C=O) groups is 1. The van der Waals surface area contributed by atoms with Crippen LogP contribution in [0.5, 0.6) is 0 Å². The van der Waals surface area contributed by atoms with Crippen LogP contribution in [0.25, 0.3) is 0 Å². The van der Waals surface area contributed by atoms with Crippen molar-refractivity contribution in [2.75, 3.05) is 24.6 Å². The van der Waals surface area contributed by atoms with E-state index in [9.17, 15) is 13.8 Å². The summed E-state index contributed by atoms with van der Waals surface area (Å²) >= 11 is 0. The molecule has 5 nitrogen and oxygen atoms in total. The third-order valence-electron chi connectivity index (χ3n) is 2.49. The van der Waals surface area contributed by atoms with Gasteiger partial charge in [0, 0.05) is 53.2 Å². The van der Waals surface area contributed by atoms with E-state index in [1.165, 1.54) is 12.3 Å². The molecule has 16 heavy (non-hydrogen) atoms. The number of amides is 1. The second-order valence-electron chi connectivity index (χ2n) is 3.58. The van der Waals surface area contributed by atoms with Crippen molar-refractivity contribution < 1.29 is 9.00 Å². The van der Waals surface area contributed by atoms with Crippen molar-refractivity contribution >= 4 is 16.7 Å². The molecule has 1 amide bonds. The highest BCUT2D eigenvalue weighted by Crippen LogP contribution is 2.06. The first-order valence-corrected chi connectivity index (χ1v) is 6.48. The van der Waals surface area contributed by atoms with Gasteiger partial charge in [-0.3, -0.25) is 13.8 Å². The lowest BCUT2D eigenvalue weighted by atomic mass is 10.2. The summed E-state index contributed by atoms with van der Waals surface area (Å²) in [7, 11) is -0.800. The molecule has 0 spiro atoms. The molecule has 1 N–H and O–H groups in total. The number of pyridine rings is 1. The average molecular weight is 240 g/mol. The van der Waals surface area contributed by atoms with Gasteiger partial charge < -0.3 is 9.88 Å². The second-order valence-corrected chi connectivity index (χ2v) is 5.28. The number of aromatic amines is 1. The van der Waals surface area contributed by atoms with Crippen molar-refractivity contribution in [3.63, 3.8) is 0 Å². The Morgan fingerprint density at radius 2 is 2.06 bits per heavy atom. The summed E-state index contributed by atoms with van der Waals surface area (Å²) in [5, 5.41) is 0. The minimum Gasteiger partial charge on any atom is -0.337 e. The molecule has 2 rings (SSSR count). The van der Waals surface area contributed by atoms with Gasteiger partial charge in [0.05, 0.1) is 0 Å². The van der Waals surface area contributed by atoms with E-state index in [-0.39, 0.29) is 11.5 Å². The van der Waals surface area contributed by atoms with Crippen molar-refractivity contribution in [1.29, 1.82) is 0 Å². The van der Waals surface area contributed by atoms with E-state index >= 15 is 0 Å². The van der Waals surface area contributed by atoms with Gasteiger partial charge >= 0.3 is 0 Å². The minimum absolute atomic E-state index is 0.164. The summed E-state index contributed by atoms with van der Waals surface area (Å²) in [6.07, 6.45) is 1.46. The summed E-state index contributed by atoms with van der Waals surface area (Å²) in [4.78, 5) is 27.1. The Kier molecular flexibility index (Phi) is 3.19. The molecule has 1 saturated heterocycles. The minimum atomic E-state index is -0.800. The Morgan fingerprint density at radius 3 is 2.69 bits per heavy atom. The molecule has 1 fully saturated rings. The number of H-pyrrole nitrogens is 1. The van der Waals surface area contributed by atoms with Gasteiger partial charge in [-0.05, 0) is 6.07 Å². The molecule has 1 aromatic rings. The van der Waals surface area contributed by atoms with Gasteiger partial charge in [0.15, 0.2) is 0 Å². The van der Waals surface area contributed by atoms with Crippen molar-refractivity contribution in [2.24, 2.45) is 0 Å². The summed E-state index contributed by atoms with van der Waals surface area (Å²) in [5.74, 6) is 0.881. The molecule has 0 aromatic carbocycles. The van der Waals surface area contributed by atoms with Crippen molar-refractivity contribution in [2.45, 2.75) is 0 Å². The van der Waals surface area contributed by atoms with Crippen LogP contribution < -0.4 is 5.56 Å². The molecule has 0 aliphatic carbocycles. The second kappa shape index (κ2) is 4.61. The number of nitrogens with zero attached hydrogens (tertiary/aromatic N) is 1. The highest BCUT2D eigenvalue weighted by atomic mass is 32.2. The van der Waals surface area contributed by atoms with Gasteiger partial charge in [0.2, 0.25) is 5.56 Å². The lowest BCUT2D eigenvalue weighted by molar-refractivity contribution is 0.0771. The fraction of sp³-hybridized carbons (Fsp3) is 0.400. The summed E-state index contributed by atoms with van der Waals surface area (Å²) in [5.41, 5.74) is 0.0999. The molecule has 0 radical (unpaired) electrons. The number of hydrogen-bond donors (Lipinski definition) is 1. The lowest BCUT2D eigenvalue weighted by Gasteiger charge is -2.26. The van der Waals surface area contributed by atoms with Crippen LogP contribution in [0.3, 0.4) is 0 Å². The molecule has 0 bridgehead atoms. The Morgan fingerprint density at radius 1 is 1.38 bits per heavy atom. The van der Waals surface area contributed by atoms with Gasteiger partial charge in [-0.2, -0.15) is 0 Å². The fourth-order valence-corrected chi connectivity index (χ4v) is 2.65. The average Bonchev–Trinajstić information content (AvgIpc) is 2.29. The molecule has 0 saturated carbocycles. The Hall–Kier alpha value is -1.43. The summed E-state index contributed by atoms with van der Waals surface area (Å²) in [6, 6.07) is 2.86. The zero-order valence-electron chi connectivity index (χ0n) is 8.64. The number of aromatic nitrogens is 1. The number of nitrogens with one attached hydrogen (secondary N) is 1. The third-order valence-corrected chi connectivity index (χ3v) is 3.76. The van der Waals surface area contributed by atoms with Crippen LogP contribution in [0, 0.1) is 0 Å². The van der Waals surface area contributed by atoms with Gasteiger partial charge in [-0.25, -0.2) is 0 Å². The van der Waals surface area contributed by atoms with Crippen LogP contribution in [0.2, 0.25) is 0 Å². The monoisotopic (exact) mass is 240 g/mol. The Balaban J connectivity index is 2.13. The molecule has 86 valence electrons. The Labute approximate surface area is 94.9 Å². The largest absolute Gasteiger partial charge is 0.337 e. The lowest BCUT2D eigenvalue weighted by Crippen LogP contribution is -2.42. The molecular formula is C10H12N2O3S. The van der Waals surface area contributed by atoms with E-state index in [1.807, 2.05) is 0 Å². The van der Waals surface area contributed by atoms with Gasteiger partial charge in [-0.1, -0.05) is 0 Å². The SMILES string of the molecule is O=C(c1cc[nH]c(=O)c1)N1CCS(=O)CC1. The van der Waals surface area contributed by atoms with Crippen LogP contribution in [-0.2, 0) is 10.8 Å². The molecule has 1 aliphatic rings. The molecule has 1 aliphatic heterocycles. The van der Waals surface area contributed by atoms with E-state index in [0.29, 0.717) is 30.2 Å². The predicted molar refractivity (Wildman–Crippen MR) is 60.8 cm³/mol. The van der Waals surface area contributed by atoms with Crippen LogP contribution in [0.4, 0.5) is 0 Å². The molecule has 0 atom stereocenters. The first-order valence-electron chi connectivity index (χ1n) is 5.00. The zero-order chi connectivity index (χ0) is 11.5. The Bertz CT molecular complexity index is 473. The molecule has 0 unspecified atom stereocenters. The number of carbonyl (C=O) groups excluding carboxylic acids is 1. The van der Waals surface area contributed by atoms with Crippen molar-refractivity contribution in [1.82, 2.24) is 9.88 Å². The van der Waals surface area contributed by atoms with E-state index in [2.05, 4.69) is 4.98 Å². The smallest absolute Gasteiger partial charge is 0.254 e. The van der Waals surface area contributed by atoms with Crippen molar-refractivity contribution in [3.8, 4) is 0 Å². The maximum absolute atomic E-state index is 11.9. The van der Waals surface area contributed by atoms with E-state index in [4.69, 9.17) is 0 Å². The van der Waals surface area contributed by atoms with Gasteiger partial charge in [0.25, 0.3) is 5.91 Å². The van der Waals surface area contributed by atoms with Gasteiger partial charge in [0.1, 0.15) is 0 Å². The van der Waals surface area contributed by atoms with E-state index < -0.39 is 10.8 Å². The highest BCUT2D eigenvalue weighted by molar-refractivity contribution is 7.85. The number of hydrogen-bond acceptors (Lipinski definition) is 3. The number of rotatable bonds is 1. The highest BCUT2D eigenvalue weighted by Gasteiger charge is 2.21. The topological polar surface area (TPSA) is 70.2 Å². The molecule has 2 heterocycles. The van der Waals surface area contributed by atoms with Crippen LogP contribution >= 0.6 is 0 Å². The molecular weight excluding hydrogens is 228 g/mol. The van der Waals surface area contributed by atoms with Crippen LogP contribution in [0.1, 0.15) is 10.4 Å². The van der Waals surface area contributed by atoms with E-state index in [1.54, 1.807) is 11.0 Å².